The summed E-state index contributed by atoms with van der Waals surface area (Å²) in [6, 6.07) is 14.5. The molecule has 0 saturated heterocycles. The largest absolute Gasteiger partial charge is 0.380 e. The van der Waals surface area contributed by atoms with Gasteiger partial charge in [-0.1, -0.05) is 60.7 Å². The maximum absolute atomic E-state index is 11.7. The lowest BCUT2D eigenvalue weighted by Crippen LogP contribution is -2.35. The Labute approximate surface area is 142 Å². The van der Waals surface area contributed by atoms with Crippen molar-refractivity contribution in [3.05, 3.63) is 83.5 Å². The van der Waals surface area contributed by atoms with Gasteiger partial charge in [-0.05, 0) is 47.2 Å². The van der Waals surface area contributed by atoms with Crippen LogP contribution in [0.15, 0.2) is 66.8 Å². The first kappa shape index (κ1) is 15.1. The zero-order valence-electron chi connectivity index (χ0n) is 13.7. The molecule has 0 aromatic heterocycles. The third kappa shape index (κ3) is 2.26. The van der Waals surface area contributed by atoms with Gasteiger partial charge in [-0.15, -0.1) is 0 Å². The molecule has 0 bridgehead atoms. The summed E-state index contributed by atoms with van der Waals surface area (Å²) in [4.78, 5) is 11.7. The summed E-state index contributed by atoms with van der Waals surface area (Å²) < 4.78 is 0. The molecule has 120 valence electrons. The van der Waals surface area contributed by atoms with E-state index in [1.54, 1.807) is 6.92 Å². The Hall–Kier alpha value is -2.45. The van der Waals surface area contributed by atoms with Gasteiger partial charge in [0, 0.05) is 12.3 Å². The molecule has 24 heavy (non-hydrogen) atoms. The van der Waals surface area contributed by atoms with E-state index in [9.17, 15) is 9.90 Å². The molecule has 2 atom stereocenters. The molecule has 2 heteroatoms. The highest BCUT2D eigenvalue weighted by Crippen LogP contribution is 2.45. The zero-order valence-corrected chi connectivity index (χ0v) is 13.7. The Morgan fingerprint density at radius 1 is 1.12 bits per heavy atom. The predicted molar refractivity (Wildman–Crippen MR) is 95.6 cm³/mol. The van der Waals surface area contributed by atoms with Gasteiger partial charge in [0.15, 0.2) is 0 Å². The topological polar surface area (TPSA) is 37.3 Å². The first-order chi connectivity index (χ1) is 11.6. The molecule has 0 heterocycles. The summed E-state index contributed by atoms with van der Waals surface area (Å²) in [6.45, 7) is 1.58. The number of Topliss-reactive ketones (excluding diaryl/α,β-unsaturated/α-hetero) is 1. The van der Waals surface area contributed by atoms with Crippen LogP contribution in [0.4, 0.5) is 0 Å². The van der Waals surface area contributed by atoms with Crippen LogP contribution >= 0.6 is 0 Å². The van der Waals surface area contributed by atoms with Crippen LogP contribution in [-0.2, 0) is 16.8 Å². The number of carbonyl (C=O) groups is 1. The first-order valence-corrected chi connectivity index (χ1v) is 8.38. The second kappa shape index (κ2) is 5.57. The van der Waals surface area contributed by atoms with E-state index in [4.69, 9.17) is 0 Å². The van der Waals surface area contributed by atoms with Crippen molar-refractivity contribution in [2.24, 2.45) is 5.92 Å². The number of carbonyl (C=O) groups excluding carboxylic acids is 1. The highest BCUT2D eigenvalue weighted by Gasteiger charge is 2.39. The van der Waals surface area contributed by atoms with Crippen molar-refractivity contribution < 1.29 is 9.90 Å². The molecular formula is C22H20O2. The Kier molecular flexibility index (Phi) is 3.50. The molecule has 0 aliphatic heterocycles. The number of benzene rings is 2. The SMILES string of the molecule is CC(=O)CC1C=CC=CC1(O)c1cccc2c1Cc1ccccc1-2. The first-order valence-electron chi connectivity index (χ1n) is 8.38. The fraction of sp³-hybridized carbons (Fsp3) is 0.227. The van der Waals surface area contributed by atoms with Gasteiger partial charge in [0.2, 0.25) is 0 Å². The van der Waals surface area contributed by atoms with Crippen LogP contribution in [0.5, 0.6) is 0 Å². The van der Waals surface area contributed by atoms with E-state index in [-0.39, 0.29) is 11.7 Å². The van der Waals surface area contributed by atoms with Gasteiger partial charge in [-0.3, -0.25) is 0 Å². The zero-order chi connectivity index (χ0) is 16.7. The van der Waals surface area contributed by atoms with Crippen LogP contribution in [0.3, 0.4) is 0 Å². The normalized spacial score (nSPS) is 23.8. The summed E-state index contributed by atoms with van der Waals surface area (Å²) in [5, 5.41) is 11.5. The van der Waals surface area contributed by atoms with Gasteiger partial charge >= 0.3 is 0 Å². The minimum Gasteiger partial charge on any atom is -0.380 e. The summed E-state index contributed by atoms with van der Waals surface area (Å²) in [7, 11) is 0. The molecule has 0 amide bonds. The van der Waals surface area contributed by atoms with Gasteiger partial charge < -0.3 is 9.90 Å². The number of ketones is 1. The lowest BCUT2D eigenvalue weighted by molar-refractivity contribution is -0.119. The van der Waals surface area contributed by atoms with E-state index in [1.807, 2.05) is 36.4 Å². The van der Waals surface area contributed by atoms with Crippen molar-refractivity contribution in [2.75, 3.05) is 0 Å². The smallest absolute Gasteiger partial charge is 0.130 e. The van der Waals surface area contributed by atoms with Crippen LogP contribution in [0.1, 0.15) is 30.0 Å². The molecular weight excluding hydrogens is 296 g/mol. The molecule has 1 N–H and O–H groups in total. The van der Waals surface area contributed by atoms with E-state index in [0.29, 0.717) is 6.42 Å². The highest BCUT2D eigenvalue weighted by molar-refractivity contribution is 5.79. The highest BCUT2D eigenvalue weighted by atomic mass is 16.3. The van der Waals surface area contributed by atoms with Gasteiger partial charge in [0.1, 0.15) is 11.4 Å². The van der Waals surface area contributed by atoms with Crippen molar-refractivity contribution in [3.63, 3.8) is 0 Å². The molecule has 2 aromatic rings. The quantitative estimate of drug-likeness (QED) is 0.787. The van der Waals surface area contributed by atoms with Crippen LogP contribution in [0.2, 0.25) is 0 Å². The number of rotatable bonds is 3. The molecule has 4 rings (SSSR count). The van der Waals surface area contributed by atoms with Crippen LogP contribution in [0.25, 0.3) is 11.1 Å². The standard InChI is InChI=1S/C22H20O2/c1-15(23)13-17-8-4-5-12-22(17,24)21-11-6-10-19-18-9-3-2-7-16(18)14-20(19)21/h2-12,17,24H,13-14H2,1H3. The van der Waals surface area contributed by atoms with Crippen LogP contribution < -0.4 is 0 Å². The Bertz CT molecular complexity index is 875. The minimum atomic E-state index is -1.13. The molecule has 0 radical (unpaired) electrons. The molecule has 0 fully saturated rings. The Morgan fingerprint density at radius 2 is 1.92 bits per heavy atom. The van der Waals surface area contributed by atoms with Gasteiger partial charge in [-0.25, -0.2) is 0 Å². The predicted octanol–water partition coefficient (Wildman–Crippen LogP) is 4.17. The second-order valence-electron chi connectivity index (χ2n) is 6.75. The number of allylic oxidation sites excluding steroid dienone is 2. The fourth-order valence-electron chi connectivity index (χ4n) is 4.03. The van der Waals surface area contributed by atoms with Crippen LogP contribution in [0, 0.1) is 5.92 Å². The fourth-order valence-corrected chi connectivity index (χ4v) is 4.03. The van der Waals surface area contributed by atoms with Crippen molar-refractivity contribution in [1.29, 1.82) is 0 Å². The van der Waals surface area contributed by atoms with Crippen molar-refractivity contribution >= 4 is 5.78 Å². The maximum Gasteiger partial charge on any atom is 0.130 e. The summed E-state index contributed by atoms with van der Waals surface area (Å²) >= 11 is 0. The van der Waals surface area contributed by atoms with Crippen molar-refractivity contribution in [1.82, 2.24) is 0 Å². The number of hydrogen-bond donors (Lipinski definition) is 1. The van der Waals surface area contributed by atoms with E-state index < -0.39 is 5.60 Å². The number of hydrogen-bond acceptors (Lipinski definition) is 2. The van der Waals surface area contributed by atoms with E-state index in [2.05, 4.69) is 30.3 Å². The molecule has 2 aliphatic rings. The molecule has 0 spiro atoms. The lowest BCUT2D eigenvalue weighted by Gasteiger charge is -2.35. The molecule has 2 unspecified atom stereocenters. The van der Waals surface area contributed by atoms with E-state index in [0.717, 1.165) is 12.0 Å². The third-order valence-electron chi connectivity index (χ3n) is 5.16. The Morgan fingerprint density at radius 3 is 2.75 bits per heavy atom. The van der Waals surface area contributed by atoms with Crippen LogP contribution in [-0.4, -0.2) is 10.9 Å². The van der Waals surface area contributed by atoms with Crippen molar-refractivity contribution in [3.8, 4) is 11.1 Å². The molecule has 2 aliphatic carbocycles. The Balaban J connectivity index is 1.85. The maximum atomic E-state index is 11.7. The molecule has 2 nitrogen and oxygen atoms in total. The average molecular weight is 316 g/mol. The minimum absolute atomic E-state index is 0.0919. The summed E-state index contributed by atoms with van der Waals surface area (Å²) in [5.41, 5.74) is 4.70. The second-order valence-corrected chi connectivity index (χ2v) is 6.75. The van der Waals surface area contributed by atoms with Gasteiger partial charge in [-0.2, -0.15) is 0 Å². The van der Waals surface area contributed by atoms with E-state index in [1.165, 1.54) is 22.3 Å². The lowest BCUT2D eigenvalue weighted by atomic mass is 9.74. The third-order valence-corrected chi connectivity index (χ3v) is 5.16. The number of fused-ring (bicyclic) bond motifs is 3. The van der Waals surface area contributed by atoms with Crippen molar-refractivity contribution in [2.45, 2.75) is 25.4 Å². The summed E-state index contributed by atoms with van der Waals surface area (Å²) in [6.07, 6.45) is 8.74. The van der Waals surface area contributed by atoms with Gasteiger partial charge in [0.25, 0.3) is 0 Å². The van der Waals surface area contributed by atoms with Gasteiger partial charge in [0.05, 0.1) is 0 Å². The monoisotopic (exact) mass is 316 g/mol. The molecule has 2 aromatic carbocycles. The molecule has 0 saturated carbocycles. The summed E-state index contributed by atoms with van der Waals surface area (Å²) in [5.74, 6) is -0.135. The van der Waals surface area contributed by atoms with E-state index >= 15 is 0 Å². The average Bonchev–Trinajstić information content (AvgIpc) is 2.95. The number of aliphatic hydroxyl groups is 1.